The van der Waals surface area contributed by atoms with Crippen LogP contribution in [0.1, 0.15) is 13.8 Å². The largest absolute Gasteiger partial charge is 0.334 e. The summed E-state index contributed by atoms with van der Waals surface area (Å²) in [5, 5.41) is 8.14. The van der Waals surface area contributed by atoms with E-state index in [-0.39, 0.29) is 5.56 Å². The van der Waals surface area contributed by atoms with Crippen LogP contribution < -0.4 is 10.5 Å². The fraction of sp³-hybridized carbons (Fsp3) is 0.375. The highest BCUT2D eigenvalue weighted by Gasteiger charge is 2.14. The summed E-state index contributed by atoms with van der Waals surface area (Å²) in [5.74, 6) is 0. The SMILES string of the molecule is CC[NH+](CC)CCn1cnc2c(nnn2-c2ccc(Br)cc2)c1=O. The first-order valence-corrected chi connectivity index (χ1v) is 8.83. The molecule has 0 fully saturated rings. The van der Waals surface area contributed by atoms with E-state index >= 15 is 0 Å². The number of hydrogen-bond acceptors (Lipinski definition) is 4. The Morgan fingerprint density at radius 1 is 1.17 bits per heavy atom. The number of nitrogens with zero attached hydrogens (tertiary/aromatic N) is 5. The molecular weight excluding hydrogens is 372 g/mol. The standard InChI is InChI=1S/C16H19BrN6O/c1-3-21(4-2)9-10-22-11-18-15-14(16(22)24)19-20-23(15)13-7-5-12(17)6-8-13/h5-8,11H,3-4,9-10H2,1-2H3/p+1. The zero-order valence-corrected chi connectivity index (χ0v) is 15.3. The van der Waals surface area contributed by atoms with Gasteiger partial charge in [-0.05, 0) is 38.1 Å². The highest BCUT2D eigenvalue weighted by Crippen LogP contribution is 2.15. The van der Waals surface area contributed by atoms with Crippen LogP contribution >= 0.6 is 15.9 Å². The molecule has 0 atom stereocenters. The van der Waals surface area contributed by atoms with Crippen LogP contribution in [-0.4, -0.2) is 44.2 Å². The lowest BCUT2D eigenvalue weighted by atomic mass is 10.3. The number of rotatable bonds is 6. The number of halogens is 1. The molecule has 0 saturated heterocycles. The molecule has 2 heterocycles. The van der Waals surface area contributed by atoms with Crippen LogP contribution in [0, 0.1) is 0 Å². The number of likely N-dealkylation sites (N-methyl/N-ethyl adjacent to an activating group) is 1. The molecule has 0 radical (unpaired) electrons. The predicted molar refractivity (Wildman–Crippen MR) is 95.5 cm³/mol. The van der Waals surface area contributed by atoms with E-state index in [9.17, 15) is 4.79 Å². The number of benzene rings is 1. The molecule has 2 aromatic heterocycles. The van der Waals surface area contributed by atoms with Crippen molar-refractivity contribution in [1.29, 1.82) is 0 Å². The van der Waals surface area contributed by atoms with Gasteiger partial charge >= 0.3 is 0 Å². The van der Waals surface area contributed by atoms with Crippen LogP contribution in [0.25, 0.3) is 16.9 Å². The van der Waals surface area contributed by atoms with Crippen molar-refractivity contribution < 1.29 is 4.90 Å². The van der Waals surface area contributed by atoms with Crippen LogP contribution in [0.2, 0.25) is 0 Å². The fourth-order valence-corrected chi connectivity index (χ4v) is 2.91. The average molecular weight is 392 g/mol. The maximum Gasteiger partial charge on any atom is 0.283 e. The molecule has 0 bridgehead atoms. The van der Waals surface area contributed by atoms with Crippen LogP contribution in [0.4, 0.5) is 0 Å². The molecule has 8 heteroatoms. The molecular formula is C16H20BrN6O+. The van der Waals surface area contributed by atoms with Gasteiger partial charge in [-0.1, -0.05) is 21.1 Å². The van der Waals surface area contributed by atoms with Crippen molar-refractivity contribution >= 4 is 27.1 Å². The summed E-state index contributed by atoms with van der Waals surface area (Å²) in [6.07, 6.45) is 1.59. The first kappa shape index (κ1) is 16.8. The summed E-state index contributed by atoms with van der Waals surface area (Å²) in [6.45, 7) is 7.89. The van der Waals surface area contributed by atoms with Gasteiger partial charge in [-0.15, -0.1) is 5.10 Å². The number of aromatic nitrogens is 5. The monoisotopic (exact) mass is 391 g/mol. The lowest BCUT2D eigenvalue weighted by Gasteiger charge is -2.15. The molecule has 126 valence electrons. The van der Waals surface area contributed by atoms with Crippen LogP contribution in [-0.2, 0) is 6.54 Å². The van der Waals surface area contributed by atoms with Crippen LogP contribution in [0.3, 0.4) is 0 Å². The van der Waals surface area contributed by atoms with Crippen molar-refractivity contribution in [3.05, 3.63) is 45.4 Å². The highest BCUT2D eigenvalue weighted by molar-refractivity contribution is 9.10. The van der Waals surface area contributed by atoms with Crippen molar-refractivity contribution in [2.45, 2.75) is 20.4 Å². The minimum Gasteiger partial charge on any atom is -0.334 e. The third kappa shape index (κ3) is 3.25. The maximum atomic E-state index is 12.6. The maximum absolute atomic E-state index is 12.6. The molecule has 0 unspecified atom stereocenters. The normalized spacial score (nSPS) is 11.5. The number of hydrogen-bond donors (Lipinski definition) is 1. The van der Waals surface area contributed by atoms with Gasteiger partial charge in [0.15, 0.2) is 11.2 Å². The zero-order chi connectivity index (χ0) is 17.1. The number of quaternary nitrogens is 1. The minimum absolute atomic E-state index is 0.144. The van der Waals surface area contributed by atoms with Gasteiger partial charge in [0, 0.05) is 4.47 Å². The Morgan fingerprint density at radius 3 is 2.54 bits per heavy atom. The van der Waals surface area contributed by atoms with E-state index < -0.39 is 0 Å². The second-order valence-corrected chi connectivity index (χ2v) is 6.52. The summed E-state index contributed by atoms with van der Waals surface area (Å²) >= 11 is 3.40. The van der Waals surface area contributed by atoms with Crippen molar-refractivity contribution in [2.75, 3.05) is 19.6 Å². The zero-order valence-electron chi connectivity index (χ0n) is 13.7. The Labute approximate surface area is 148 Å². The third-order valence-electron chi connectivity index (χ3n) is 4.21. The van der Waals surface area contributed by atoms with Gasteiger partial charge in [0.25, 0.3) is 5.56 Å². The Morgan fingerprint density at radius 2 is 1.88 bits per heavy atom. The Kier molecular flexibility index (Phi) is 5.06. The topological polar surface area (TPSA) is 70.0 Å². The van der Waals surface area contributed by atoms with Gasteiger partial charge in [-0.25, -0.2) is 4.98 Å². The van der Waals surface area contributed by atoms with Crippen molar-refractivity contribution in [2.24, 2.45) is 0 Å². The molecule has 0 spiro atoms. The van der Waals surface area contributed by atoms with Gasteiger partial charge in [0.05, 0.1) is 31.9 Å². The summed E-state index contributed by atoms with van der Waals surface area (Å²) in [4.78, 5) is 18.5. The Hall–Kier alpha value is -2.06. The second kappa shape index (κ2) is 7.23. The lowest BCUT2D eigenvalue weighted by Crippen LogP contribution is -3.11. The molecule has 0 aliphatic rings. The van der Waals surface area contributed by atoms with Crippen molar-refractivity contribution in [3.63, 3.8) is 0 Å². The van der Waals surface area contributed by atoms with Crippen LogP contribution in [0.5, 0.6) is 0 Å². The molecule has 24 heavy (non-hydrogen) atoms. The van der Waals surface area contributed by atoms with Crippen molar-refractivity contribution in [1.82, 2.24) is 24.5 Å². The highest BCUT2D eigenvalue weighted by atomic mass is 79.9. The predicted octanol–water partition coefficient (Wildman–Crippen LogP) is 0.664. The van der Waals surface area contributed by atoms with Gasteiger partial charge in [0.2, 0.25) is 0 Å². The second-order valence-electron chi connectivity index (χ2n) is 5.60. The molecule has 1 N–H and O–H groups in total. The van der Waals surface area contributed by atoms with E-state index in [0.717, 1.165) is 29.8 Å². The molecule has 3 aromatic rings. The Bertz CT molecular complexity index is 882. The summed E-state index contributed by atoms with van der Waals surface area (Å²) in [7, 11) is 0. The number of nitrogens with one attached hydrogen (secondary N) is 1. The van der Waals surface area contributed by atoms with E-state index in [4.69, 9.17) is 0 Å². The first-order valence-electron chi connectivity index (χ1n) is 8.04. The van der Waals surface area contributed by atoms with Crippen molar-refractivity contribution in [3.8, 4) is 5.69 Å². The van der Waals surface area contributed by atoms with E-state index in [2.05, 4.69) is 45.1 Å². The van der Waals surface area contributed by atoms with E-state index in [1.807, 2.05) is 24.3 Å². The molecule has 0 aliphatic carbocycles. The molecule has 7 nitrogen and oxygen atoms in total. The van der Waals surface area contributed by atoms with Gasteiger partial charge in [-0.2, -0.15) is 4.68 Å². The van der Waals surface area contributed by atoms with E-state index in [1.54, 1.807) is 15.6 Å². The van der Waals surface area contributed by atoms with Gasteiger partial charge in [0.1, 0.15) is 6.33 Å². The third-order valence-corrected chi connectivity index (χ3v) is 4.74. The van der Waals surface area contributed by atoms with Gasteiger partial charge in [-0.3, -0.25) is 9.36 Å². The molecule has 1 aromatic carbocycles. The molecule has 3 rings (SSSR count). The quantitative estimate of drug-likeness (QED) is 0.670. The fourth-order valence-electron chi connectivity index (χ4n) is 2.64. The summed E-state index contributed by atoms with van der Waals surface area (Å²) in [6, 6.07) is 7.62. The molecule has 0 amide bonds. The smallest absolute Gasteiger partial charge is 0.283 e. The summed E-state index contributed by atoms with van der Waals surface area (Å²) < 4.78 is 4.18. The summed E-state index contributed by atoms with van der Waals surface area (Å²) in [5.41, 5.74) is 1.46. The van der Waals surface area contributed by atoms with E-state index in [0.29, 0.717) is 17.7 Å². The molecule has 0 saturated carbocycles. The Balaban J connectivity index is 1.93. The lowest BCUT2D eigenvalue weighted by molar-refractivity contribution is -0.897. The minimum atomic E-state index is -0.144. The number of fused-ring (bicyclic) bond motifs is 1. The van der Waals surface area contributed by atoms with Crippen LogP contribution in [0.15, 0.2) is 39.9 Å². The first-order chi connectivity index (χ1) is 11.6. The van der Waals surface area contributed by atoms with E-state index in [1.165, 1.54) is 4.90 Å². The van der Waals surface area contributed by atoms with Gasteiger partial charge < -0.3 is 4.90 Å². The average Bonchev–Trinajstić information content (AvgIpc) is 3.03. The molecule has 0 aliphatic heterocycles.